The van der Waals surface area contributed by atoms with Crippen molar-refractivity contribution in [2.24, 2.45) is 0 Å². The number of anilines is 1. The van der Waals surface area contributed by atoms with Gasteiger partial charge in [-0.3, -0.25) is 4.98 Å². The zero-order chi connectivity index (χ0) is 20.4. The van der Waals surface area contributed by atoms with E-state index in [1.54, 1.807) is 24.4 Å². The van der Waals surface area contributed by atoms with E-state index in [9.17, 15) is 9.65 Å². The molecule has 1 heterocycles. The molecule has 3 aromatic carbocycles. The summed E-state index contributed by atoms with van der Waals surface area (Å²) in [6.07, 6.45) is 1.59. The molecule has 4 rings (SSSR count). The molecule has 4 aromatic rings. The number of fused-ring (bicyclic) bond motifs is 1. The van der Waals surface area contributed by atoms with Crippen LogP contribution in [0.5, 0.6) is 0 Å². The zero-order valence-electron chi connectivity index (χ0n) is 15.7. The molecular weight excluding hydrogens is 385 g/mol. The molecule has 0 radical (unpaired) electrons. The summed E-state index contributed by atoms with van der Waals surface area (Å²) in [7, 11) is 0. The molecule has 0 unspecified atom stereocenters. The van der Waals surface area contributed by atoms with Gasteiger partial charge in [0.25, 0.3) is 0 Å². The number of rotatable bonds is 4. The standard InChI is InChI=1S/C24H17ClFN3/c1-15(29-24-19-8-4-5-9-23(19)28-14-21(24)25)20-12-16(10-11-22(20)26)18-7-3-2-6-17(18)13-27/h2-12,14-15H,1H3,(H,28,29)/t15-/m1/s1. The molecule has 0 aliphatic rings. The van der Waals surface area contributed by atoms with Crippen molar-refractivity contribution in [3.63, 3.8) is 0 Å². The van der Waals surface area contributed by atoms with Crippen molar-refractivity contribution in [3.8, 4) is 17.2 Å². The van der Waals surface area contributed by atoms with Crippen LogP contribution in [0.4, 0.5) is 10.1 Å². The minimum absolute atomic E-state index is 0.322. The van der Waals surface area contributed by atoms with Crippen molar-refractivity contribution in [1.82, 2.24) is 4.98 Å². The first kappa shape index (κ1) is 18.9. The van der Waals surface area contributed by atoms with Crippen molar-refractivity contribution in [2.45, 2.75) is 13.0 Å². The lowest BCUT2D eigenvalue weighted by atomic mass is 9.96. The maximum absolute atomic E-state index is 14.7. The van der Waals surface area contributed by atoms with Crippen LogP contribution in [0.25, 0.3) is 22.0 Å². The van der Waals surface area contributed by atoms with Crippen LogP contribution < -0.4 is 5.32 Å². The number of nitrogens with zero attached hydrogens (tertiary/aromatic N) is 2. The molecule has 3 nitrogen and oxygen atoms in total. The first-order valence-electron chi connectivity index (χ1n) is 9.17. The molecule has 1 atom stereocenters. The SMILES string of the molecule is C[C@@H](Nc1c(Cl)cnc2ccccc12)c1cc(-c2ccccc2C#N)ccc1F. The predicted molar refractivity (Wildman–Crippen MR) is 115 cm³/mol. The predicted octanol–water partition coefficient (Wildman–Crippen LogP) is 6.74. The Morgan fingerprint density at radius 3 is 2.66 bits per heavy atom. The third-order valence-corrected chi connectivity index (χ3v) is 5.20. The molecule has 0 bridgehead atoms. The molecule has 142 valence electrons. The van der Waals surface area contributed by atoms with Gasteiger partial charge in [0.1, 0.15) is 5.82 Å². The van der Waals surface area contributed by atoms with Crippen LogP contribution in [0.15, 0.2) is 72.9 Å². The summed E-state index contributed by atoms with van der Waals surface area (Å²) < 4.78 is 14.7. The lowest BCUT2D eigenvalue weighted by Crippen LogP contribution is -2.10. The summed E-state index contributed by atoms with van der Waals surface area (Å²) in [4.78, 5) is 4.34. The Morgan fingerprint density at radius 2 is 1.83 bits per heavy atom. The van der Waals surface area contributed by atoms with Gasteiger partial charge in [0.05, 0.1) is 33.9 Å². The third-order valence-electron chi connectivity index (χ3n) is 4.91. The summed E-state index contributed by atoms with van der Waals surface area (Å²) in [6.45, 7) is 1.88. The molecule has 1 N–H and O–H groups in total. The van der Waals surface area contributed by atoms with E-state index < -0.39 is 0 Å². The lowest BCUT2D eigenvalue weighted by molar-refractivity contribution is 0.600. The number of benzene rings is 3. The Hall–Kier alpha value is -3.42. The highest BCUT2D eigenvalue weighted by molar-refractivity contribution is 6.34. The van der Waals surface area contributed by atoms with Gasteiger partial charge in [-0.15, -0.1) is 0 Å². The van der Waals surface area contributed by atoms with E-state index in [0.29, 0.717) is 21.8 Å². The molecule has 0 aliphatic heterocycles. The highest BCUT2D eigenvalue weighted by Crippen LogP contribution is 2.34. The number of nitriles is 1. The molecule has 0 saturated carbocycles. The van der Waals surface area contributed by atoms with Crippen molar-refractivity contribution in [1.29, 1.82) is 5.26 Å². The Morgan fingerprint density at radius 1 is 1.07 bits per heavy atom. The molecular formula is C24H17ClFN3. The number of para-hydroxylation sites is 1. The number of hydrogen-bond acceptors (Lipinski definition) is 3. The van der Waals surface area contributed by atoms with Gasteiger partial charge in [0.2, 0.25) is 0 Å². The summed E-state index contributed by atoms with van der Waals surface area (Å²) in [6, 6.07) is 21.7. The second-order valence-electron chi connectivity index (χ2n) is 6.76. The van der Waals surface area contributed by atoms with E-state index in [-0.39, 0.29) is 11.9 Å². The average Bonchev–Trinajstić information content (AvgIpc) is 2.76. The van der Waals surface area contributed by atoms with Crippen LogP contribution in [-0.4, -0.2) is 4.98 Å². The Bertz CT molecular complexity index is 1250. The fourth-order valence-electron chi connectivity index (χ4n) is 3.43. The molecule has 0 amide bonds. The van der Waals surface area contributed by atoms with Gasteiger partial charge in [-0.2, -0.15) is 5.26 Å². The second kappa shape index (κ2) is 7.90. The largest absolute Gasteiger partial charge is 0.377 e. The van der Waals surface area contributed by atoms with Gasteiger partial charge < -0.3 is 5.32 Å². The van der Waals surface area contributed by atoms with E-state index in [0.717, 1.165) is 22.0 Å². The summed E-state index contributed by atoms with van der Waals surface area (Å²) >= 11 is 6.39. The average molecular weight is 402 g/mol. The van der Waals surface area contributed by atoms with Gasteiger partial charge in [-0.25, -0.2) is 4.39 Å². The van der Waals surface area contributed by atoms with Gasteiger partial charge in [-0.05, 0) is 42.3 Å². The van der Waals surface area contributed by atoms with Gasteiger partial charge in [-0.1, -0.05) is 54.1 Å². The highest BCUT2D eigenvalue weighted by atomic mass is 35.5. The molecule has 0 saturated heterocycles. The molecule has 0 fully saturated rings. The maximum Gasteiger partial charge on any atom is 0.128 e. The lowest BCUT2D eigenvalue weighted by Gasteiger charge is -2.20. The second-order valence-corrected chi connectivity index (χ2v) is 7.17. The topological polar surface area (TPSA) is 48.7 Å². The third kappa shape index (κ3) is 3.65. The van der Waals surface area contributed by atoms with E-state index in [4.69, 9.17) is 11.6 Å². The van der Waals surface area contributed by atoms with Crippen molar-refractivity contribution in [3.05, 3.63) is 94.9 Å². The smallest absolute Gasteiger partial charge is 0.128 e. The zero-order valence-corrected chi connectivity index (χ0v) is 16.4. The van der Waals surface area contributed by atoms with E-state index in [1.807, 2.05) is 49.4 Å². The molecule has 0 spiro atoms. The van der Waals surface area contributed by atoms with Crippen LogP contribution >= 0.6 is 11.6 Å². The summed E-state index contributed by atoms with van der Waals surface area (Å²) in [5.41, 5.74) is 4.13. The van der Waals surface area contributed by atoms with Crippen molar-refractivity contribution >= 4 is 28.2 Å². The van der Waals surface area contributed by atoms with E-state index >= 15 is 0 Å². The Balaban J connectivity index is 1.75. The minimum Gasteiger partial charge on any atom is -0.377 e. The number of halogens is 2. The molecule has 5 heteroatoms. The van der Waals surface area contributed by atoms with Crippen LogP contribution in [0.1, 0.15) is 24.1 Å². The summed E-state index contributed by atoms with van der Waals surface area (Å²) in [5.74, 6) is -0.322. The van der Waals surface area contributed by atoms with Crippen LogP contribution in [-0.2, 0) is 0 Å². The van der Waals surface area contributed by atoms with E-state index in [2.05, 4.69) is 16.4 Å². The maximum atomic E-state index is 14.7. The van der Waals surface area contributed by atoms with Crippen LogP contribution in [0, 0.1) is 17.1 Å². The first-order valence-corrected chi connectivity index (χ1v) is 9.55. The van der Waals surface area contributed by atoms with Gasteiger partial charge >= 0.3 is 0 Å². The van der Waals surface area contributed by atoms with Crippen molar-refractivity contribution in [2.75, 3.05) is 5.32 Å². The Kier molecular flexibility index (Phi) is 5.16. The quantitative estimate of drug-likeness (QED) is 0.412. The van der Waals surface area contributed by atoms with Gasteiger partial charge in [0.15, 0.2) is 0 Å². The number of hydrogen-bond donors (Lipinski definition) is 1. The molecule has 29 heavy (non-hydrogen) atoms. The molecule has 0 aliphatic carbocycles. The van der Waals surface area contributed by atoms with Crippen molar-refractivity contribution < 1.29 is 4.39 Å². The van der Waals surface area contributed by atoms with Gasteiger partial charge in [0, 0.05) is 17.1 Å². The summed E-state index contributed by atoms with van der Waals surface area (Å²) in [5, 5.41) is 14.1. The number of aromatic nitrogens is 1. The Labute approximate surface area is 173 Å². The normalized spacial score (nSPS) is 11.8. The number of nitrogens with one attached hydrogen (secondary N) is 1. The monoisotopic (exact) mass is 401 g/mol. The fourth-order valence-corrected chi connectivity index (χ4v) is 3.64. The molecule has 1 aromatic heterocycles. The van der Waals surface area contributed by atoms with E-state index in [1.165, 1.54) is 6.07 Å². The number of pyridine rings is 1. The fraction of sp³-hybridized carbons (Fsp3) is 0.0833. The minimum atomic E-state index is -0.354. The van der Waals surface area contributed by atoms with Crippen LogP contribution in [0.2, 0.25) is 5.02 Å². The highest BCUT2D eigenvalue weighted by Gasteiger charge is 2.16. The van der Waals surface area contributed by atoms with Crippen LogP contribution in [0.3, 0.4) is 0 Å². The first-order chi connectivity index (χ1) is 14.1.